The van der Waals surface area contributed by atoms with Gasteiger partial charge in [-0.05, 0) is 29.2 Å². The number of aromatic nitrogens is 2. The van der Waals surface area contributed by atoms with Crippen molar-refractivity contribution in [1.29, 1.82) is 5.26 Å². The first-order valence-electron chi connectivity index (χ1n) is 9.00. The molecular weight excluding hydrogens is 320 g/mol. The molecule has 1 fully saturated rings. The van der Waals surface area contributed by atoms with Crippen LogP contribution in [-0.4, -0.2) is 27.8 Å². The normalized spacial score (nSPS) is 19.5. The topological polar surface area (TPSA) is 44.9 Å². The van der Waals surface area contributed by atoms with Crippen LogP contribution in [0.2, 0.25) is 0 Å². The van der Waals surface area contributed by atoms with Crippen molar-refractivity contribution >= 4 is 0 Å². The van der Waals surface area contributed by atoms with Gasteiger partial charge in [0.1, 0.15) is 0 Å². The first-order chi connectivity index (χ1) is 12.7. The summed E-state index contributed by atoms with van der Waals surface area (Å²) in [6.07, 6.45) is 2.28. The van der Waals surface area contributed by atoms with E-state index >= 15 is 0 Å². The summed E-state index contributed by atoms with van der Waals surface area (Å²) in [7, 11) is 2.00. The Morgan fingerprint density at radius 1 is 0.962 bits per heavy atom. The van der Waals surface area contributed by atoms with Gasteiger partial charge in [-0.2, -0.15) is 10.4 Å². The van der Waals surface area contributed by atoms with E-state index in [9.17, 15) is 5.26 Å². The molecule has 0 radical (unpaired) electrons. The van der Waals surface area contributed by atoms with Crippen LogP contribution in [0.25, 0.3) is 22.4 Å². The molecule has 2 heterocycles. The number of nitrogens with zero attached hydrogens (tertiary/aromatic N) is 4. The van der Waals surface area contributed by atoms with Crippen LogP contribution in [0, 0.1) is 17.4 Å². The Morgan fingerprint density at radius 3 is 2.42 bits per heavy atom. The Balaban J connectivity index is 1.67. The summed E-state index contributed by atoms with van der Waals surface area (Å²) in [5.74, 6) is 0.798. The molecule has 1 aliphatic rings. The number of nitriles is 1. The smallest absolute Gasteiger partial charge is 0.179 e. The van der Waals surface area contributed by atoms with Crippen LogP contribution in [0.5, 0.6) is 0 Å². The Hall–Kier alpha value is -3.06. The third-order valence-corrected chi connectivity index (χ3v) is 5.32. The third-order valence-electron chi connectivity index (χ3n) is 5.32. The molecule has 0 saturated carbocycles. The van der Waals surface area contributed by atoms with E-state index in [1.54, 1.807) is 0 Å². The number of rotatable bonds is 3. The molecule has 1 saturated heterocycles. The molecule has 0 aliphatic carbocycles. The summed E-state index contributed by atoms with van der Waals surface area (Å²) < 4.78 is 1.98. The summed E-state index contributed by atoms with van der Waals surface area (Å²) in [6.45, 7) is 3.82. The standard InChI is InChI=1S/C22H22N4/c1-16-13-26(15-23)14-20(16)22-12-21(24-25(22)2)19-10-6-9-18(11-19)17-7-4-3-5-8-17/h3-12,16,20H,13-14H2,1-2H3/t16-,20-/m0/s1. The Bertz CT molecular complexity index is 952. The SMILES string of the molecule is C[C@H]1CN(C#N)C[C@@H]1c1cc(-c2cccc(-c3ccccc3)c2)nn1C. The second-order valence-electron chi connectivity index (χ2n) is 7.11. The summed E-state index contributed by atoms with van der Waals surface area (Å²) in [6, 6.07) is 21.1. The monoisotopic (exact) mass is 342 g/mol. The van der Waals surface area contributed by atoms with Gasteiger partial charge in [0.2, 0.25) is 0 Å². The van der Waals surface area contributed by atoms with E-state index < -0.39 is 0 Å². The van der Waals surface area contributed by atoms with Gasteiger partial charge in [0, 0.05) is 37.3 Å². The van der Waals surface area contributed by atoms with Crippen LogP contribution in [0.1, 0.15) is 18.5 Å². The van der Waals surface area contributed by atoms with Crippen LogP contribution in [0.15, 0.2) is 60.7 Å². The highest BCUT2D eigenvalue weighted by molar-refractivity contribution is 5.71. The van der Waals surface area contributed by atoms with Crippen molar-refractivity contribution in [1.82, 2.24) is 14.7 Å². The summed E-state index contributed by atoms with van der Waals surface area (Å²) >= 11 is 0. The lowest BCUT2D eigenvalue weighted by molar-refractivity contribution is 0.465. The minimum atomic E-state index is 0.346. The van der Waals surface area contributed by atoms with Crippen LogP contribution in [0.3, 0.4) is 0 Å². The molecule has 2 aromatic carbocycles. The van der Waals surface area contributed by atoms with Crippen LogP contribution >= 0.6 is 0 Å². The average molecular weight is 342 g/mol. The second-order valence-corrected chi connectivity index (χ2v) is 7.11. The quantitative estimate of drug-likeness (QED) is 0.668. The van der Waals surface area contributed by atoms with Crippen molar-refractivity contribution in [2.75, 3.05) is 13.1 Å². The fourth-order valence-electron chi connectivity index (χ4n) is 3.89. The second kappa shape index (κ2) is 6.68. The fraction of sp³-hybridized carbons (Fsp3) is 0.273. The molecule has 1 aliphatic heterocycles. The fourth-order valence-corrected chi connectivity index (χ4v) is 3.89. The van der Waals surface area contributed by atoms with Crippen molar-refractivity contribution < 1.29 is 0 Å². The van der Waals surface area contributed by atoms with Gasteiger partial charge in [-0.1, -0.05) is 55.5 Å². The van der Waals surface area contributed by atoms with Gasteiger partial charge in [0.25, 0.3) is 0 Å². The first kappa shape index (κ1) is 16.4. The molecule has 3 aromatic rings. The highest BCUT2D eigenvalue weighted by atomic mass is 15.3. The van der Waals surface area contributed by atoms with Gasteiger partial charge in [0.05, 0.1) is 5.69 Å². The third kappa shape index (κ3) is 2.97. The summed E-state index contributed by atoms with van der Waals surface area (Å²) in [5, 5.41) is 14.0. The number of hydrogen-bond donors (Lipinski definition) is 0. The van der Waals surface area contributed by atoms with Crippen molar-refractivity contribution in [3.8, 4) is 28.6 Å². The summed E-state index contributed by atoms with van der Waals surface area (Å²) in [4.78, 5) is 1.85. The maximum Gasteiger partial charge on any atom is 0.179 e. The van der Waals surface area contributed by atoms with E-state index in [2.05, 4.69) is 67.7 Å². The molecule has 0 N–H and O–H groups in total. The van der Waals surface area contributed by atoms with Gasteiger partial charge < -0.3 is 4.90 Å². The number of aryl methyl sites for hydroxylation is 1. The molecule has 0 bridgehead atoms. The number of likely N-dealkylation sites (tertiary alicyclic amines) is 1. The lowest BCUT2D eigenvalue weighted by Gasteiger charge is -2.13. The molecule has 0 unspecified atom stereocenters. The lowest BCUT2D eigenvalue weighted by Crippen LogP contribution is -2.14. The molecule has 0 amide bonds. The predicted octanol–water partition coefficient (Wildman–Crippen LogP) is 4.27. The van der Waals surface area contributed by atoms with Crippen molar-refractivity contribution in [3.63, 3.8) is 0 Å². The number of hydrogen-bond acceptors (Lipinski definition) is 3. The Morgan fingerprint density at radius 2 is 1.69 bits per heavy atom. The zero-order valence-corrected chi connectivity index (χ0v) is 15.1. The zero-order chi connectivity index (χ0) is 18.1. The molecule has 4 heteroatoms. The van der Waals surface area contributed by atoms with Gasteiger partial charge in [-0.15, -0.1) is 0 Å². The Labute approximate surface area is 154 Å². The number of benzene rings is 2. The van der Waals surface area contributed by atoms with Gasteiger partial charge in [-0.25, -0.2) is 0 Å². The highest BCUT2D eigenvalue weighted by Gasteiger charge is 2.32. The van der Waals surface area contributed by atoms with Gasteiger partial charge >= 0.3 is 0 Å². The highest BCUT2D eigenvalue weighted by Crippen LogP contribution is 2.34. The van der Waals surface area contributed by atoms with Crippen LogP contribution < -0.4 is 0 Å². The molecule has 1 aromatic heterocycles. The van der Waals surface area contributed by atoms with E-state index in [1.807, 2.05) is 22.7 Å². The minimum Gasteiger partial charge on any atom is -0.310 e. The molecule has 26 heavy (non-hydrogen) atoms. The largest absolute Gasteiger partial charge is 0.310 e. The van der Waals surface area contributed by atoms with E-state index in [4.69, 9.17) is 5.10 Å². The van der Waals surface area contributed by atoms with E-state index in [1.165, 1.54) is 16.8 Å². The van der Waals surface area contributed by atoms with Gasteiger partial charge in [0.15, 0.2) is 6.19 Å². The molecule has 0 spiro atoms. The molecular formula is C22H22N4. The lowest BCUT2D eigenvalue weighted by atomic mass is 9.94. The van der Waals surface area contributed by atoms with Crippen molar-refractivity contribution in [2.45, 2.75) is 12.8 Å². The predicted molar refractivity (Wildman–Crippen MR) is 103 cm³/mol. The molecule has 4 rings (SSSR count). The van der Waals surface area contributed by atoms with E-state index in [0.717, 1.165) is 24.3 Å². The maximum atomic E-state index is 9.19. The minimum absolute atomic E-state index is 0.346. The average Bonchev–Trinajstić information content (AvgIpc) is 3.25. The van der Waals surface area contributed by atoms with Crippen molar-refractivity contribution in [3.05, 3.63) is 66.4 Å². The molecule has 2 atom stereocenters. The van der Waals surface area contributed by atoms with Crippen molar-refractivity contribution in [2.24, 2.45) is 13.0 Å². The Kier molecular flexibility index (Phi) is 4.22. The van der Waals surface area contributed by atoms with Gasteiger partial charge in [-0.3, -0.25) is 4.68 Å². The first-order valence-corrected chi connectivity index (χ1v) is 9.00. The van der Waals surface area contributed by atoms with Crippen LogP contribution in [-0.2, 0) is 7.05 Å². The zero-order valence-electron chi connectivity index (χ0n) is 15.1. The van der Waals surface area contributed by atoms with Crippen LogP contribution in [0.4, 0.5) is 0 Å². The molecule has 130 valence electrons. The molecule has 4 nitrogen and oxygen atoms in total. The van der Waals surface area contributed by atoms with E-state index in [0.29, 0.717) is 11.8 Å². The maximum absolute atomic E-state index is 9.19. The summed E-state index contributed by atoms with van der Waals surface area (Å²) in [5.41, 5.74) is 5.72. The van der Waals surface area contributed by atoms with E-state index in [-0.39, 0.29) is 0 Å².